The Hall–Kier alpha value is -3.39. The second-order valence-electron chi connectivity index (χ2n) is 7.62. The van der Waals surface area contributed by atoms with Gasteiger partial charge in [-0.05, 0) is 56.8 Å². The minimum Gasteiger partial charge on any atom is -0.495 e. The highest BCUT2D eigenvalue weighted by atomic mass is 16.5. The van der Waals surface area contributed by atoms with Gasteiger partial charge < -0.3 is 20.7 Å². The van der Waals surface area contributed by atoms with Gasteiger partial charge in [0.1, 0.15) is 5.75 Å². The number of carbonyl (C=O) groups is 3. The van der Waals surface area contributed by atoms with Gasteiger partial charge in [-0.1, -0.05) is 19.1 Å². The molecule has 0 atom stereocenters. The van der Waals surface area contributed by atoms with Crippen molar-refractivity contribution in [1.82, 2.24) is 10.2 Å². The number of likely N-dealkylation sites (N-methyl/N-ethyl adjacent to an activating group) is 1. The summed E-state index contributed by atoms with van der Waals surface area (Å²) in [5.74, 6) is 0.0985. The maximum absolute atomic E-state index is 12.5. The van der Waals surface area contributed by atoms with E-state index in [1.165, 1.54) is 0 Å². The molecule has 3 amide bonds. The zero-order chi connectivity index (χ0) is 23.5. The Balaban J connectivity index is 1.85. The lowest BCUT2D eigenvalue weighted by Gasteiger charge is -2.20. The van der Waals surface area contributed by atoms with Gasteiger partial charge in [0.05, 0.1) is 19.3 Å². The lowest BCUT2D eigenvalue weighted by molar-refractivity contribution is -0.123. The molecule has 32 heavy (non-hydrogen) atoms. The summed E-state index contributed by atoms with van der Waals surface area (Å²) in [5.41, 5.74) is 1.65. The zero-order valence-corrected chi connectivity index (χ0v) is 19.1. The molecule has 0 aliphatic heterocycles. The zero-order valence-electron chi connectivity index (χ0n) is 19.1. The summed E-state index contributed by atoms with van der Waals surface area (Å²) in [5, 5.41) is 8.49. The Morgan fingerprint density at radius 2 is 1.66 bits per heavy atom. The molecule has 0 heterocycles. The highest BCUT2D eigenvalue weighted by Crippen LogP contribution is 2.23. The van der Waals surface area contributed by atoms with Crippen LogP contribution in [0.25, 0.3) is 0 Å². The van der Waals surface area contributed by atoms with Crippen LogP contribution >= 0.6 is 0 Å². The van der Waals surface area contributed by atoms with Crippen molar-refractivity contribution in [3.8, 4) is 5.75 Å². The molecule has 0 saturated heterocycles. The fraction of sp³-hybridized carbons (Fsp3) is 0.375. The summed E-state index contributed by atoms with van der Waals surface area (Å²) >= 11 is 0. The van der Waals surface area contributed by atoms with E-state index < -0.39 is 0 Å². The van der Waals surface area contributed by atoms with Gasteiger partial charge in [0.25, 0.3) is 5.91 Å². The van der Waals surface area contributed by atoms with E-state index in [0.717, 1.165) is 0 Å². The van der Waals surface area contributed by atoms with Gasteiger partial charge in [-0.3, -0.25) is 19.3 Å². The van der Waals surface area contributed by atoms with Crippen molar-refractivity contribution >= 4 is 29.1 Å². The minimum atomic E-state index is -0.273. The molecular weight excluding hydrogens is 408 g/mol. The van der Waals surface area contributed by atoms with E-state index in [1.807, 2.05) is 37.8 Å². The minimum absolute atomic E-state index is 0.0516. The average Bonchev–Trinajstić information content (AvgIpc) is 2.76. The lowest BCUT2D eigenvalue weighted by atomic mass is 10.2. The topological polar surface area (TPSA) is 99.8 Å². The molecule has 0 aromatic heterocycles. The fourth-order valence-electron chi connectivity index (χ4n) is 3.05. The molecule has 0 saturated carbocycles. The molecule has 172 valence electrons. The van der Waals surface area contributed by atoms with Crippen molar-refractivity contribution in [2.75, 3.05) is 37.4 Å². The first-order valence-corrected chi connectivity index (χ1v) is 10.7. The van der Waals surface area contributed by atoms with Crippen LogP contribution in [0.4, 0.5) is 11.4 Å². The molecular formula is C24H32N4O4. The highest BCUT2D eigenvalue weighted by molar-refractivity contribution is 6.05. The van der Waals surface area contributed by atoms with E-state index in [0.29, 0.717) is 35.8 Å². The number of carbonyl (C=O) groups excluding carboxylic acids is 3. The number of para-hydroxylation sites is 2. The van der Waals surface area contributed by atoms with Crippen molar-refractivity contribution in [3.63, 3.8) is 0 Å². The molecule has 0 fully saturated rings. The van der Waals surface area contributed by atoms with Gasteiger partial charge in [0.2, 0.25) is 11.8 Å². The van der Waals surface area contributed by atoms with Crippen molar-refractivity contribution in [1.29, 1.82) is 0 Å². The molecule has 0 spiro atoms. The Morgan fingerprint density at radius 1 is 0.969 bits per heavy atom. The van der Waals surface area contributed by atoms with E-state index in [-0.39, 0.29) is 36.7 Å². The van der Waals surface area contributed by atoms with Crippen LogP contribution in [-0.2, 0) is 9.59 Å². The largest absolute Gasteiger partial charge is 0.495 e. The molecule has 8 heteroatoms. The molecule has 0 aliphatic carbocycles. The third-order valence-electron chi connectivity index (χ3n) is 4.71. The third-order valence-corrected chi connectivity index (χ3v) is 4.71. The summed E-state index contributed by atoms with van der Waals surface area (Å²) in [7, 11) is 1.54. The first-order valence-electron chi connectivity index (χ1n) is 10.7. The van der Waals surface area contributed by atoms with Crippen LogP contribution in [0.3, 0.4) is 0 Å². The Kier molecular flexibility index (Phi) is 9.69. The number of benzene rings is 2. The van der Waals surface area contributed by atoms with Crippen LogP contribution in [0.15, 0.2) is 48.5 Å². The van der Waals surface area contributed by atoms with Crippen molar-refractivity contribution < 1.29 is 19.1 Å². The van der Waals surface area contributed by atoms with Gasteiger partial charge in [-0.15, -0.1) is 0 Å². The van der Waals surface area contributed by atoms with Crippen LogP contribution in [-0.4, -0.2) is 55.4 Å². The number of nitrogens with one attached hydrogen (secondary N) is 3. The summed E-state index contributed by atoms with van der Waals surface area (Å²) < 4.78 is 5.24. The molecule has 8 nitrogen and oxygen atoms in total. The van der Waals surface area contributed by atoms with Crippen LogP contribution in [0, 0.1) is 0 Å². The summed E-state index contributed by atoms with van der Waals surface area (Å²) in [6, 6.07) is 13.9. The van der Waals surface area contributed by atoms with E-state index in [9.17, 15) is 14.4 Å². The number of amides is 3. The number of nitrogens with zero attached hydrogens (tertiary/aromatic N) is 1. The molecule has 2 aromatic rings. The molecule has 3 N–H and O–H groups in total. The second kappa shape index (κ2) is 12.5. The first kappa shape index (κ1) is 24.9. The number of rotatable bonds is 11. The Labute approximate surface area is 189 Å². The summed E-state index contributed by atoms with van der Waals surface area (Å²) in [6.45, 7) is 7.19. The second-order valence-corrected chi connectivity index (χ2v) is 7.62. The van der Waals surface area contributed by atoms with Gasteiger partial charge >= 0.3 is 0 Å². The van der Waals surface area contributed by atoms with Gasteiger partial charge in [0, 0.05) is 30.3 Å². The predicted molar refractivity (Wildman–Crippen MR) is 126 cm³/mol. The van der Waals surface area contributed by atoms with E-state index in [1.54, 1.807) is 43.5 Å². The first-order chi connectivity index (χ1) is 15.3. The molecule has 0 radical (unpaired) electrons. The maximum atomic E-state index is 12.5. The number of anilines is 2. The summed E-state index contributed by atoms with van der Waals surface area (Å²) in [6.07, 6.45) is 0.263. The van der Waals surface area contributed by atoms with E-state index in [2.05, 4.69) is 16.0 Å². The van der Waals surface area contributed by atoms with Gasteiger partial charge in [-0.25, -0.2) is 0 Å². The normalized spacial score (nSPS) is 10.7. The maximum Gasteiger partial charge on any atom is 0.255 e. The molecule has 0 unspecified atom stereocenters. The van der Waals surface area contributed by atoms with E-state index >= 15 is 0 Å². The lowest BCUT2D eigenvalue weighted by Crippen LogP contribution is -2.41. The smallest absolute Gasteiger partial charge is 0.255 e. The van der Waals surface area contributed by atoms with Crippen LogP contribution in [0.5, 0.6) is 5.75 Å². The SMILES string of the molecule is CCN(CCC(=O)Nc1ccc(C(=O)Nc2ccccc2OC)cc1)CC(=O)NC(C)C. The number of ether oxygens (including phenoxy) is 1. The standard InChI is InChI=1S/C24H32N4O4/c1-5-28(16-23(30)25-17(2)3)15-14-22(29)26-19-12-10-18(11-13-19)24(31)27-20-8-6-7-9-21(20)32-4/h6-13,17H,5,14-16H2,1-4H3,(H,25,30)(H,26,29)(H,27,31). The van der Waals surface area contributed by atoms with Crippen LogP contribution < -0.4 is 20.7 Å². The predicted octanol–water partition coefficient (Wildman–Crippen LogP) is 3.12. The monoisotopic (exact) mass is 440 g/mol. The van der Waals surface area contributed by atoms with Crippen molar-refractivity contribution in [3.05, 3.63) is 54.1 Å². The molecule has 2 aromatic carbocycles. The van der Waals surface area contributed by atoms with Crippen molar-refractivity contribution in [2.24, 2.45) is 0 Å². The molecule has 2 rings (SSSR count). The Morgan fingerprint density at radius 3 is 2.28 bits per heavy atom. The Bertz CT molecular complexity index is 912. The fourth-order valence-corrected chi connectivity index (χ4v) is 3.05. The highest BCUT2D eigenvalue weighted by Gasteiger charge is 2.13. The average molecular weight is 441 g/mol. The van der Waals surface area contributed by atoms with Gasteiger partial charge in [-0.2, -0.15) is 0 Å². The number of hydrogen-bond acceptors (Lipinski definition) is 5. The van der Waals surface area contributed by atoms with Gasteiger partial charge in [0.15, 0.2) is 0 Å². The van der Waals surface area contributed by atoms with Crippen molar-refractivity contribution in [2.45, 2.75) is 33.2 Å². The molecule has 0 aliphatic rings. The molecule has 0 bridgehead atoms. The number of hydrogen-bond donors (Lipinski definition) is 3. The van der Waals surface area contributed by atoms with Crippen LogP contribution in [0.2, 0.25) is 0 Å². The third kappa shape index (κ3) is 8.03. The van der Waals surface area contributed by atoms with E-state index in [4.69, 9.17) is 4.74 Å². The summed E-state index contributed by atoms with van der Waals surface area (Å²) in [4.78, 5) is 38.6. The number of methoxy groups -OCH3 is 1. The van der Waals surface area contributed by atoms with Crippen LogP contribution in [0.1, 0.15) is 37.6 Å². The quantitative estimate of drug-likeness (QED) is 0.499.